The SMILES string of the molecule is C1CCC2(C1)CCC(COC1CNC1)O2. The molecule has 0 radical (unpaired) electrons. The van der Waals surface area contributed by atoms with Crippen LogP contribution in [0.15, 0.2) is 0 Å². The fraction of sp³-hybridized carbons (Fsp3) is 1.00. The van der Waals surface area contributed by atoms with Crippen LogP contribution in [0.2, 0.25) is 0 Å². The monoisotopic (exact) mass is 211 g/mol. The van der Waals surface area contributed by atoms with E-state index in [0.29, 0.717) is 12.2 Å². The molecule has 86 valence electrons. The van der Waals surface area contributed by atoms with E-state index >= 15 is 0 Å². The Labute approximate surface area is 91.5 Å². The Balaban J connectivity index is 1.44. The van der Waals surface area contributed by atoms with Gasteiger partial charge in [0.25, 0.3) is 0 Å². The first-order chi connectivity index (χ1) is 7.36. The highest BCUT2D eigenvalue weighted by molar-refractivity contribution is 4.92. The third kappa shape index (κ3) is 2.05. The van der Waals surface area contributed by atoms with Crippen LogP contribution in [-0.4, -0.2) is 37.5 Å². The van der Waals surface area contributed by atoms with Crippen molar-refractivity contribution in [2.45, 2.75) is 56.3 Å². The minimum absolute atomic E-state index is 0.270. The van der Waals surface area contributed by atoms with E-state index in [2.05, 4.69) is 5.32 Å². The van der Waals surface area contributed by atoms with Gasteiger partial charge in [0.1, 0.15) is 0 Å². The van der Waals surface area contributed by atoms with Crippen molar-refractivity contribution in [3.8, 4) is 0 Å². The molecular formula is C12H21NO2. The van der Waals surface area contributed by atoms with Crippen LogP contribution < -0.4 is 5.32 Å². The molecule has 3 aliphatic rings. The maximum atomic E-state index is 6.18. The minimum Gasteiger partial charge on any atom is -0.373 e. The van der Waals surface area contributed by atoms with Crippen LogP contribution in [-0.2, 0) is 9.47 Å². The summed E-state index contributed by atoms with van der Waals surface area (Å²) in [4.78, 5) is 0. The third-order valence-corrected chi connectivity index (χ3v) is 4.12. The van der Waals surface area contributed by atoms with Crippen molar-refractivity contribution < 1.29 is 9.47 Å². The Hall–Kier alpha value is -0.120. The van der Waals surface area contributed by atoms with Gasteiger partial charge in [0.05, 0.1) is 24.4 Å². The molecule has 1 saturated carbocycles. The smallest absolute Gasteiger partial charge is 0.0824 e. The molecule has 0 aromatic rings. The highest BCUT2D eigenvalue weighted by atomic mass is 16.6. The molecule has 0 aromatic carbocycles. The summed E-state index contributed by atoms with van der Waals surface area (Å²) in [5.74, 6) is 0. The lowest BCUT2D eigenvalue weighted by atomic mass is 9.98. The molecule has 1 atom stereocenters. The van der Waals surface area contributed by atoms with Gasteiger partial charge >= 0.3 is 0 Å². The lowest BCUT2D eigenvalue weighted by Gasteiger charge is -2.29. The average molecular weight is 211 g/mol. The largest absolute Gasteiger partial charge is 0.373 e. The molecule has 1 N–H and O–H groups in total. The summed E-state index contributed by atoms with van der Waals surface area (Å²) >= 11 is 0. The highest BCUT2D eigenvalue weighted by Crippen LogP contribution is 2.43. The molecule has 2 heterocycles. The molecule has 3 rings (SSSR count). The van der Waals surface area contributed by atoms with E-state index < -0.39 is 0 Å². The fourth-order valence-corrected chi connectivity index (χ4v) is 3.02. The van der Waals surface area contributed by atoms with Gasteiger partial charge in [0, 0.05) is 13.1 Å². The van der Waals surface area contributed by atoms with E-state index in [-0.39, 0.29) is 5.60 Å². The van der Waals surface area contributed by atoms with E-state index in [1.807, 2.05) is 0 Å². The molecule has 1 unspecified atom stereocenters. The van der Waals surface area contributed by atoms with Gasteiger partial charge in [-0.25, -0.2) is 0 Å². The lowest BCUT2D eigenvalue weighted by Crippen LogP contribution is -2.49. The lowest BCUT2D eigenvalue weighted by molar-refractivity contribution is -0.0887. The standard InChI is InChI=1S/C12H21NO2/c1-2-5-12(4-1)6-3-10(15-12)9-14-11-7-13-8-11/h10-11,13H,1-9H2. The van der Waals surface area contributed by atoms with E-state index in [0.717, 1.165) is 19.7 Å². The summed E-state index contributed by atoms with van der Waals surface area (Å²) in [5, 5.41) is 3.22. The second-order valence-electron chi connectivity index (χ2n) is 5.28. The van der Waals surface area contributed by atoms with E-state index in [1.54, 1.807) is 0 Å². The van der Waals surface area contributed by atoms with Crippen molar-refractivity contribution in [1.82, 2.24) is 5.32 Å². The van der Waals surface area contributed by atoms with Gasteiger partial charge in [-0.05, 0) is 25.7 Å². The molecule has 1 spiro atoms. The van der Waals surface area contributed by atoms with Gasteiger partial charge in [0.2, 0.25) is 0 Å². The number of hydrogen-bond donors (Lipinski definition) is 1. The molecule has 3 heteroatoms. The molecule has 1 aliphatic carbocycles. The quantitative estimate of drug-likeness (QED) is 0.766. The fourth-order valence-electron chi connectivity index (χ4n) is 3.02. The molecule has 0 bridgehead atoms. The number of nitrogens with one attached hydrogen (secondary N) is 1. The van der Waals surface area contributed by atoms with Crippen molar-refractivity contribution in [2.24, 2.45) is 0 Å². The van der Waals surface area contributed by atoms with Crippen LogP contribution in [0.1, 0.15) is 38.5 Å². The maximum absolute atomic E-state index is 6.18. The van der Waals surface area contributed by atoms with Crippen LogP contribution in [0.25, 0.3) is 0 Å². The van der Waals surface area contributed by atoms with Crippen molar-refractivity contribution in [3.05, 3.63) is 0 Å². The van der Waals surface area contributed by atoms with Crippen LogP contribution in [0, 0.1) is 0 Å². The van der Waals surface area contributed by atoms with E-state index in [4.69, 9.17) is 9.47 Å². The Morgan fingerprint density at radius 2 is 2.00 bits per heavy atom. The van der Waals surface area contributed by atoms with Gasteiger partial charge in [-0.2, -0.15) is 0 Å². The summed E-state index contributed by atoms with van der Waals surface area (Å²) in [6.07, 6.45) is 8.60. The molecule has 3 nitrogen and oxygen atoms in total. The molecule has 0 amide bonds. The Morgan fingerprint density at radius 3 is 2.67 bits per heavy atom. The zero-order valence-corrected chi connectivity index (χ0v) is 9.34. The number of ether oxygens (including phenoxy) is 2. The minimum atomic E-state index is 0.270. The number of hydrogen-bond acceptors (Lipinski definition) is 3. The van der Waals surface area contributed by atoms with Crippen LogP contribution in [0.4, 0.5) is 0 Å². The van der Waals surface area contributed by atoms with Gasteiger partial charge in [-0.1, -0.05) is 12.8 Å². The summed E-state index contributed by atoms with van der Waals surface area (Å²) in [5.41, 5.74) is 0.270. The summed E-state index contributed by atoms with van der Waals surface area (Å²) < 4.78 is 12.0. The second-order valence-corrected chi connectivity index (χ2v) is 5.28. The van der Waals surface area contributed by atoms with E-state index in [1.165, 1.54) is 38.5 Å². The maximum Gasteiger partial charge on any atom is 0.0824 e. The second kappa shape index (κ2) is 4.04. The highest BCUT2D eigenvalue weighted by Gasteiger charge is 2.42. The van der Waals surface area contributed by atoms with Gasteiger partial charge < -0.3 is 14.8 Å². The first-order valence-electron chi connectivity index (χ1n) is 6.36. The van der Waals surface area contributed by atoms with E-state index in [9.17, 15) is 0 Å². The predicted molar refractivity (Wildman–Crippen MR) is 57.9 cm³/mol. The van der Waals surface area contributed by atoms with Crippen LogP contribution in [0.3, 0.4) is 0 Å². The first kappa shape index (κ1) is 10.1. The normalized spacial score (nSPS) is 34.8. The Morgan fingerprint density at radius 1 is 1.20 bits per heavy atom. The van der Waals surface area contributed by atoms with Gasteiger partial charge in [-0.3, -0.25) is 0 Å². The van der Waals surface area contributed by atoms with Crippen molar-refractivity contribution in [2.75, 3.05) is 19.7 Å². The van der Waals surface area contributed by atoms with Crippen molar-refractivity contribution >= 4 is 0 Å². The third-order valence-electron chi connectivity index (χ3n) is 4.12. The molecule has 2 aliphatic heterocycles. The zero-order chi connectivity index (χ0) is 10.1. The molecule has 0 aromatic heterocycles. The summed E-state index contributed by atoms with van der Waals surface area (Å²) in [6.45, 7) is 2.86. The predicted octanol–water partition coefficient (Wildman–Crippen LogP) is 1.47. The first-order valence-corrected chi connectivity index (χ1v) is 6.36. The molecule has 15 heavy (non-hydrogen) atoms. The topological polar surface area (TPSA) is 30.5 Å². The van der Waals surface area contributed by atoms with Gasteiger partial charge in [-0.15, -0.1) is 0 Å². The Kier molecular flexibility index (Phi) is 2.71. The average Bonchev–Trinajstić information content (AvgIpc) is 2.76. The summed E-state index contributed by atoms with van der Waals surface area (Å²) in [6, 6.07) is 0. The Bertz CT molecular complexity index is 222. The number of rotatable bonds is 3. The molecular weight excluding hydrogens is 190 g/mol. The van der Waals surface area contributed by atoms with Crippen molar-refractivity contribution in [1.29, 1.82) is 0 Å². The summed E-state index contributed by atoms with van der Waals surface area (Å²) in [7, 11) is 0. The van der Waals surface area contributed by atoms with Gasteiger partial charge in [0.15, 0.2) is 0 Å². The molecule has 2 saturated heterocycles. The van der Waals surface area contributed by atoms with Crippen LogP contribution >= 0.6 is 0 Å². The van der Waals surface area contributed by atoms with Crippen LogP contribution in [0.5, 0.6) is 0 Å². The molecule has 3 fully saturated rings. The van der Waals surface area contributed by atoms with Crippen molar-refractivity contribution in [3.63, 3.8) is 0 Å². The zero-order valence-electron chi connectivity index (χ0n) is 9.34.